The van der Waals surface area contributed by atoms with Gasteiger partial charge >= 0.3 is 0 Å². The average Bonchev–Trinajstić information content (AvgIpc) is 2.22. The lowest BCUT2D eigenvalue weighted by atomic mass is 10.2. The standard InChI is InChI=1S/C14H19/c1-2-4-6-8-10-12-14-13-11-9-7-5-3-1/h1-3,6-9,12,14H,4-5,10-11,13H2/b2-1+,8-6+,9-7+,14-12+. The van der Waals surface area contributed by atoms with Gasteiger partial charge in [0, 0.05) is 0 Å². The number of rotatable bonds is 0. The summed E-state index contributed by atoms with van der Waals surface area (Å²) in [7, 11) is 0. The van der Waals surface area contributed by atoms with Crippen molar-refractivity contribution >= 4 is 0 Å². The average molecular weight is 187 g/mol. The largest absolute Gasteiger partial charge is 0.0882 e. The summed E-state index contributed by atoms with van der Waals surface area (Å²) in [6, 6.07) is 0. The van der Waals surface area contributed by atoms with Gasteiger partial charge in [0.2, 0.25) is 0 Å². The zero-order chi connectivity index (χ0) is 9.90. The third kappa shape index (κ3) is 6.47. The van der Waals surface area contributed by atoms with Crippen LogP contribution in [0.3, 0.4) is 0 Å². The van der Waals surface area contributed by atoms with Crippen LogP contribution in [0.15, 0.2) is 48.6 Å². The van der Waals surface area contributed by atoms with Gasteiger partial charge in [0.15, 0.2) is 0 Å². The van der Waals surface area contributed by atoms with Gasteiger partial charge < -0.3 is 0 Å². The fourth-order valence-corrected chi connectivity index (χ4v) is 1.30. The molecule has 0 saturated carbocycles. The lowest BCUT2D eigenvalue weighted by Gasteiger charge is -1.90. The molecule has 0 aromatic rings. The molecule has 0 saturated heterocycles. The third-order valence-electron chi connectivity index (χ3n) is 2.09. The van der Waals surface area contributed by atoms with E-state index in [4.69, 9.17) is 0 Å². The van der Waals surface area contributed by atoms with E-state index in [-0.39, 0.29) is 0 Å². The molecule has 1 radical (unpaired) electrons. The molecule has 0 amide bonds. The minimum Gasteiger partial charge on any atom is -0.0882 e. The van der Waals surface area contributed by atoms with E-state index in [9.17, 15) is 0 Å². The summed E-state index contributed by atoms with van der Waals surface area (Å²) < 4.78 is 0. The van der Waals surface area contributed by atoms with E-state index in [0.717, 1.165) is 25.7 Å². The first-order chi connectivity index (χ1) is 7.00. The second-order valence-corrected chi connectivity index (χ2v) is 3.36. The maximum atomic E-state index is 2.26. The van der Waals surface area contributed by atoms with Crippen molar-refractivity contribution in [3.63, 3.8) is 0 Å². The van der Waals surface area contributed by atoms with Crippen molar-refractivity contribution < 1.29 is 0 Å². The van der Waals surface area contributed by atoms with E-state index in [0.29, 0.717) is 0 Å². The minimum atomic E-state index is 1.05. The van der Waals surface area contributed by atoms with Gasteiger partial charge in [0.1, 0.15) is 0 Å². The van der Waals surface area contributed by atoms with E-state index in [2.05, 4.69) is 55.0 Å². The number of hydrogen-bond acceptors (Lipinski definition) is 0. The van der Waals surface area contributed by atoms with Crippen LogP contribution in [0.4, 0.5) is 0 Å². The van der Waals surface area contributed by atoms with Gasteiger partial charge in [-0.3, -0.25) is 0 Å². The molecule has 0 heterocycles. The van der Waals surface area contributed by atoms with Gasteiger partial charge in [0.05, 0.1) is 0 Å². The second kappa shape index (κ2) is 8.55. The fraction of sp³-hybridized carbons (Fsp3) is 0.357. The molecule has 0 fully saturated rings. The van der Waals surface area contributed by atoms with Crippen molar-refractivity contribution in [1.29, 1.82) is 0 Å². The molecule has 0 spiro atoms. The lowest BCUT2D eigenvalue weighted by molar-refractivity contribution is 1.03. The molecule has 0 aliphatic heterocycles. The molecule has 1 aliphatic rings. The molecule has 0 aromatic heterocycles. The van der Waals surface area contributed by atoms with Crippen LogP contribution in [0.1, 0.15) is 32.1 Å². The summed E-state index contributed by atoms with van der Waals surface area (Å²) >= 11 is 0. The van der Waals surface area contributed by atoms with Gasteiger partial charge in [-0.05, 0) is 38.5 Å². The van der Waals surface area contributed by atoms with E-state index < -0.39 is 0 Å². The first-order valence-electron chi connectivity index (χ1n) is 5.43. The zero-order valence-corrected chi connectivity index (χ0v) is 8.73. The number of allylic oxidation sites excluding steroid dienone is 8. The van der Waals surface area contributed by atoms with Crippen molar-refractivity contribution in [2.24, 2.45) is 0 Å². The minimum absolute atomic E-state index is 1.05. The van der Waals surface area contributed by atoms with Crippen LogP contribution in [0.5, 0.6) is 0 Å². The van der Waals surface area contributed by atoms with Crippen molar-refractivity contribution in [1.82, 2.24) is 0 Å². The predicted molar refractivity (Wildman–Crippen MR) is 63.9 cm³/mol. The van der Waals surface area contributed by atoms with E-state index in [1.165, 1.54) is 6.42 Å². The Bertz CT molecular complexity index is 204. The van der Waals surface area contributed by atoms with E-state index >= 15 is 0 Å². The first-order valence-corrected chi connectivity index (χ1v) is 5.43. The van der Waals surface area contributed by atoms with Crippen LogP contribution in [0.25, 0.3) is 0 Å². The van der Waals surface area contributed by atoms with E-state index in [1.807, 2.05) is 0 Å². The monoisotopic (exact) mass is 187 g/mol. The van der Waals surface area contributed by atoms with Crippen molar-refractivity contribution in [2.75, 3.05) is 0 Å². The zero-order valence-electron chi connectivity index (χ0n) is 8.73. The second-order valence-electron chi connectivity index (χ2n) is 3.36. The molecule has 0 unspecified atom stereocenters. The van der Waals surface area contributed by atoms with Crippen LogP contribution >= 0.6 is 0 Å². The molecule has 1 rings (SSSR count). The van der Waals surface area contributed by atoms with Gasteiger partial charge in [-0.15, -0.1) is 0 Å². The summed E-state index contributed by atoms with van der Waals surface area (Å²) in [5.41, 5.74) is 0. The third-order valence-corrected chi connectivity index (χ3v) is 2.09. The number of hydrogen-bond donors (Lipinski definition) is 0. The summed E-state index contributed by atoms with van der Waals surface area (Å²) in [4.78, 5) is 0. The smallest absolute Gasteiger partial charge is 0.0133 e. The fourth-order valence-electron chi connectivity index (χ4n) is 1.30. The molecule has 0 N–H and O–H groups in total. The highest BCUT2D eigenvalue weighted by Gasteiger charge is 1.80. The Kier molecular flexibility index (Phi) is 6.74. The Morgan fingerprint density at radius 3 is 1.86 bits per heavy atom. The maximum Gasteiger partial charge on any atom is -0.0133 e. The maximum absolute atomic E-state index is 2.26. The van der Waals surface area contributed by atoms with Gasteiger partial charge in [-0.2, -0.15) is 0 Å². The summed E-state index contributed by atoms with van der Waals surface area (Å²) in [6.45, 7) is 0. The van der Waals surface area contributed by atoms with Crippen molar-refractivity contribution in [2.45, 2.75) is 32.1 Å². The van der Waals surface area contributed by atoms with Crippen LogP contribution in [-0.4, -0.2) is 0 Å². The molecule has 0 aromatic carbocycles. The van der Waals surface area contributed by atoms with Crippen LogP contribution in [0, 0.1) is 6.42 Å². The molecule has 0 nitrogen and oxygen atoms in total. The van der Waals surface area contributed by atoms with Crippen LogP contribution < -0.4 is 0 Å². The highest BCUT2D eigenvalue weighted by atomic mass is 13.9. The Balaban J connectivity index is 2.34. The van der Waals surface area contributed by atoms with Gasteiger partial charge in [-0.1, -0.05) is 48.6 Å². The normalized spacial score (nSPS) is 28.6. The van der Waals surface area contributed by atoms with Crippen LogP contribution in [-0.2, 0) is 0 Å². The molecule has 0 bridgehead atoms. The quantitative estimate of drug-likeness (QED) is 0.494. The molecule has 14 heavy (non-hydrogen) atoms. The van der Waals surface area contributed by atoms with Gasteiger partial charge in [-0.25, -0.2) is 0 Å². The highest BCUT2D eigenvalue weighted by molar-refractivity contribution is 5.04. The lowest BCUT2D eigenvalue weighted by Crippen LogP contribution is -1.70. The van der Waals surface area contributed by atoms with Crippen LogP contribution in [0.2, 0.25) is 0 Å². The Hall–Kier alpha value is -1.04. The molecular formula is C14H19. The molecule has 0 atom stereocenters. The first kappa shape index (κ1) is 11.0. The predicted octanol–water partition coefficient (Wildman–Crippen LogP) is 4.38. The Morgan fingerprint density at radius 2 is 1.07 bits per heavy atom. The Labute approximate surface area is 87.7 Å². The molecular weight excluding hydrogens is 168 g/mol. The molecule has 1 aliphatic carbocycles. The summed E-state index contributed by atoms with van der Waals surface area (Å²) in [6.07, 6.45) is 25.5. The summed E-state index contributed by atoms with van der Waals surface area (Å²) in [5, 5.41) is 0. The molecule has 75 valence electrons. The SMILES string of the molecule is [CH]1/C=C/C/C=C/C/C=C/CC/C=C/C1. The molecule has 0 heteroatoms. The highest BCUT2D eigenvalue weighted by Crippen LogP contribution is 2.00. The summed E-state index contributed by atoms with van der Waals surface area (Å²) in [5.74, 6) is 0. The van der Waals surface area contributed by atoms with Crippen molar-refractivity contribution in [3.8, 4) is 0 Å². The van der Waals surface area contributed by atoms with Gasteiger partial charge in [0.25, 0.3) is 0 Å². The topological polar surface area (TPSA) is 0 Å². The van der Waals surface area contributed by atoms with E-state index in [1.54, 1.807) is 0 Å². The Morgan fingerprint density at radius 1 is 0.500 bits per heavy atom. The van der Waals surface area contributed by atoms with Crippen molar-refractivity contribution in [3.05, 3.63) is 55.0 Å².